The lowest BCUT2D eigenvalue weighted by Crippen LogP contribution is -2.34. The van der Waals surface area contributed by atoms with E-state index < -0.39 is 0 Å². The number of thiazole rings is 1. The summed E-state index contributed by atoms with van der Waals surface area (Å²) in [5, 5.41) is 3.05. The van der Waals surface area contributed by atoms with Crippen LogP contribution >= 0.6 is 11.3 Å². The first-order chi connectivity index (χ1) is 8.31. The Morgan fingerprint density at radius 3 is 2.88 bits per heavy atom. The van der Waals surface area contributed by atoms with Gasteiger partial charge < -0.3 is 0 Å². The Morgan fingerprint density at radius 2 is 2.06 bits per heavy atom. The van der Waals surface area contributed by atoms with Gasteiger partial charge in [0.1, 0.15) is 5.82 Å². The van der Waals surface area contributed by atoms with E-state index in [4.69, 9.17) is 0 Å². The minimum absolute atomic E-state index is 0.229. The van der Waals surface area contributed by atoms with Gasteiger partial charge in [0.2, 0.25) is 0 Å². The Bertz CT molecular complexity index is 519. The third-order valence-electron chi connectivity index (χ3n) is 2.96. The number of nitrogens with zero attached hydrogens (tertiary/aromatic N) is 2. The van der Waals surface area contributed by atoms with Crippen LogP contribution in [0.4, 0.5) is 9.52 Å². The number of halogens is 1. The zero-order chi connectivity index (χ0) is 11.7. The van der Waals surface area contributed by atoms with Gasteiger partial charge in [-0.15, -0.1) is 0 Å². The number of benzene rings is 1. The molecule has 1 aromatic heterocycles. The van der Waals surface area contributed by atoms with Crippen molar-refractivity contribution in [1.82, 2.24) is 9.99 Å². The third-order valence-corrected chi connectivity index (χ3v) is 3.90. The maximum absolute atomic E-state index is 13.0. The third kappa shape index (κ3) is 2.40. The number of fused-ring (bicyclic) bond motifs is 1. The van der Waals surface area contributed by atoms with Gasteiger partial charge in [-0.05, 0) is 25.0 Å². The summed E-state index contributed by atoms with van der Waals surface area (Å²) in [6.07, 6.45) is 3.77. The lowest BCUT2D eigenvalue weighted by Gasteiger charge is -2.26. The van der Waals surface area contributed by atoms with Gasteiger partial charge in [0.15, 0.2) is 5.13 Å². The summed E-state index contributed by atoms with van der Waals surface area (Å²) in [6, 6.07) is 4.74. The average molecular weight is 251 g/mol. The molecule has 2 aromatic rings. The first-order valence-corrected chi connectivity index (χ1v) is 6.71. The minimum atomic E-state index is -0.229. The van der Waals surface area contributed by atoms with Gasteiger partial charge in [0, 0.05) is 19.2 Å². The molecule has 5 heteroatoms. The molecule has 1 aromatic carbocycles. The van der Waals surface area contributed by atoms with E-state index in [1.54, 1.807) is 17.4 Å². The van der Waals surface area contributed by atoms with Crippen molar-refractivity contribution in [1.29, 1.82) is 0 Å². The van der Waals surface area contributed by atoms with Crippen LogP contribution in [0.25, 0.3) is 10.2 Å². The molecule has 1 N–H and O–H groups in total. The van der Waals surface area contributed by atoms with Crippen molar-refractivity contribution >= 4 is 26.7 Å². The highest BCUT2D eigenvalue weighted by Crippen LogP contribution is 2.27. The van der Waals surface area contributed by atoms with E-state index in [-0.39, 0.29) is 5.82 Å². The molecule has 17 heavy (non-hydrogen) atoms. The molecule has 2 heterocycles. The highest BCUT2D eigenvalue weighted by atomic mass is 32.1. The first kappa shape index (κ1) is 10.9. The van der Waals surface area contributed by atoms with Crippen molar-refractivity contribution < 1.29 is 4.39 Å². The molecule has 0 atom stereocenters. The fraction of sp³-hybridized carbons (Fsp3) is 0.417. The van der Waals surface area contributed by atoms with Crippen molar-refractivity contribution in [3.8, 4) is 0 Å². The summed E-state index contributed by atoms with van der Waals surface area (Å²) in [7, 11) is 0. The topological polar surface area (TPSA) is 28.2 Å². The minimum Gasteiger partial charge on any atom is -0.294 e. The zero-order valence-corrected chi connectivity index (χ0v) is 10.3. The maximum atomic E-state index is 13.0. The van der Waals surface area contributed by atoms with Gasteiger partial charge in [-0.3, -0.25) is 5.43 Å². The van der Waals surface area contributed by atoms with Crippen LogP contribution in [0.5, 0.6) is 0 Å². The molecule has 0 aliphatic carbocycles. The van der Waals surface area contributed by atoms with Crippen molar-refractivity contribution in [2.45, 2.75) is 19.3 Å². The normalized spacial score (nSPS) is 17.5. The van der Waals surface area contributed by atoms with E-state index in [2.05, 4.69) is 15.4 Å². The molecule has 0 saturated carbocycles. The number of hydrazine groups is 1. The molecule has 3 nitrogen and oxygen atoms in total. The van der Waals surface area contributed by atoms with Crippen molar-refractivity contribution in [3.05, 3.63) is 24.0 Å². The van der Waals surface area contributed by atoms with Crippen LogP contribution < -0.4 is 5.43 Å². The molecule has 1 saturated heterocycles. The Balaban J connectivity index is 1.80. The molecule has 0 radical (unpaired) electrons. The lowest BCUT2D eigenvalue weighted by molar-refractivity contribution is 0.273. The smallest absolute Gasteiger partial charge is 0.198 e. The first-order valence-electron chi connectivity index (χ1n) is 5.89. The molecule has 0 spiro atoms. The van der Waals surface area contributed by atoms with E-state index in [1.165, 1.54) is 31.4 Å². The van der Waals surface area contributed by atoms with E-state index in [0.717, 1.165) is 28.4 Å². The number of rotatable bonds is 2. The lowest BCUT2D eigenvalue weighted by atomic mass is 10.2. The molecule has 1 fully saturated rings. The average Bonchev–Trinajstić information content (AvgIpc) is 2.71. The van der Waals surface area contributed by atoms with E-state index in [1.807, 2.05) is 0 Å². The summed E-state index contributed by atoms with van der Waals surface area (Å²) in [5.74, 6) is -0.229. The molecule has 0 amide bonds. The predicted molar refractivity (Wildman–Crippen MR) is 68.6 cm³/mol. The van der Waals surface area contributed by atoms with Gasteiger partial charge in [0.05, 0.1) is 10.2 Å². The second kappa shape index (κ2) is 4.58. The highest BCUT2D eigenvalue weighted by Gasteiger charge is 2.12. The van der Waals surface area contributed by atoms with Crippen LogP contribution in [-0.4, -0.2) is 23.1 Å². The van der Waals surface area contributed by atoms with E-state index >= 15 is 0 Å². The summed E-state index contributed by atoms with van der Waals surface area (Å²) in [4.78, 5) is 4.39. The van der Waals surface area contributed by atoms with Crippen LogP contribution in [0, 0.1) is 5.82 Å². The van der Waals surface area contributed by atoms with E-state index in [0.29, 0.717) is 0 Å². The Kier molecular flexibility index (Phi) is 2.94. The van der Waals surface area contributed by atoms with Gasteiger partial charge in [-0.2, -0.15) is 0 Å². The maximum Gasteiger partial charge on any atom is 0.198 e. The van der Waals surface area contributed by atoms with E-state index in [9.17, 15) is 4.39 Å². The van der Waals surface area contributed by atoms with Gasteiger partial charge in [-0.1, -0.05) is 17.8 Å². The number of aromatic nitrogens is 1. The van der Waals surface area contributed by atoms with Crippen LogP contribution in [0.2, 0.25) is 0 Å². The second-order valence-electron chi connectivity index (χ2n) is 4.29. The predicted octanol–water partition coefficient (Wildman–Crippen LogP) is 3.25. The van der Waals surface area contributed by atoms with Crippen molar-refractivity contribution in [2.24, 2.45) is 0 Å². The number of hydrogen-bond donors (Lipinski definition) is 1. The number of nitrogens with one attached hydrogen (secondary N) is 1. The SMILES string of the molecule is Fc1ccc2sc(NN3CCCCC3)nc2c1. The number of hydrogen-bond acceptors (Lipinski definition) is 4. The highest BCUT2D eigenvalue weighted by molar-refractivity contribution is 7.22. The molecule has 1 aliphatic heterocycles. The number of anilines is 1. The molecular formula is C12H14FN3S. The quantitative estimate of drug-likeness (QED) is 0.888. The van der Waals surface area contributed by atoms with Crippen LogP contribution in [0.15, 0.2) is 18.2 Å². The summed E-state index contributed by atoms with van der Waals surface area (Å²) >= 11 is 1.57. The second-order valence-corrected chi connectivity index (χ2v) is 5.32. The van der Waals surface area contributed by atoms with Crippen LogP contribution in [-0.2, 0) is 0 Å². The molecule has 3 rings (SSSR count). The van der Waals surface area contributed by atoms with Crippen LogP contribution in [0.3, 0.4) is 0 Å². The van der Waals surface area contributed by atoms with Gasteiger partial charge in [-0.25, -0.2) is 14.4 Å². The Hall–Kier alpha value is -1.20. The fourth-order valence-corrected chi connectivity index (χ4v) is 2.96. The Labute approximate surface area is 103 Å². The molecule has 0 bridgehead atoms. The summed E-state index contributed by atoms with van der Waals surface area (Å²) in [5.41, 5.74) is 4.04. The van der Waals surface area contributed by atoms with Gasteiger partial charge in [0.25, 0.3) is 0 Å². The standard InChI is InChI=1S/C12H14FN3S/c13-9-4-5-11-10(8-9)14-12(17-11)15-16-6-2-1-3-7-16/h4-5,8H,1-3,6-7H2,(H,14,15). The van der Waals surface area contributed by atoms with Crippen molar-refractivity contribution in [3.63, 3.8) is 0 Å². The molecular weight excluding hydrogens is 237 g/mol. The van der Waals surface area contributed by atoms with Crippen molar-refractivity contribution in [2.75, 3.05) is 18.5 Å². The summed E-state index contributed by atoms with van der Waals surface area (Å²) < 4.78 is 14.1. The molecule has 0 unspecified atom stereocenters. The van der Waals surface area contributed by atoms with Crippen LogP contribution in [0.1, 0.15) is 19.3 Å². The Morgan fingerprint density at radius 1 is 1.24 bits per heavy atom. The zero-order valence-electron chi connectivity index (χ0n) is 9.45. The number of piperidine rings is 1. The fourth-order valence-electron chi connectivity index (χ4n) is 2.09. The monoisotopic (exact) mass is 251 g/mol. The van der Waals surface area contributed by atoms with Gasteiger partial charge >= 0.3 is 0 Å². The largest absolute Gasteiger partial charge is 0.294 e. The summed E-state index contributed by atoms with van der Waals surface area (Å²) in [6.45, 7) is 2.12. The molecule has 90 valence electrons. The molecule has 1 aliphatic rings.